The molecular formula is C70H136N2S2. The largest absolute Gasteiger partial charge is 0.299 e. The smallest absolute Gasteiger partial charge is 0.0165 e. The maximum Gasteiger partial charge on any atom is 0.0165 e. The van der Waals surface area contributed by atoms with Crippen molar-refractivity contribution in [2.45, 2.75) is 374 Å². The molecule has 8 atom stereocenters. The molecule has 8 unspecified atom stereocenters. The molecule has 0 aromatic heterocycles. The lowest BCUT2D eigenvalue weighted by Gasteiger charge is -2.41. The molecule has 0 amide bonds. The first-order valence-corrected chi connectivity index (χ1v) is 37.9. The van der Waals surface area contributed by atoms with Crippen LogP contribution in [0, 0.1) is 35.5 Å². The highest BCUT2D eigenvalue weighted by atomic mass is 33.1. The third-order valence-electron chi connectivity index (χ3n) is 20.1. The van der Waals surface area contributed by atoms with Crippen LogP contribution in [0.5, 0.6) is 0 Å². The van der Waals surface area contributed by atoms with Gasteiger partial charge in [-0.15, -0.1) is 0 Å². The Bertz CT molecular complexity index is 1100. The van der Waals surface area contributed by atoms with Crippen LogP contribution in [0.1, 0.15) is 362 Å². The second-order valence-electron chi connectivity index (χ2n) is 26.5. The number of piperidine rings is 2. The van der Waals surface area contributed by atoms with Gasteiger partial charge in [-0.1, -0.05) is 319 Å². The van der Waals surface area contributed by atoms with Crippen LogP contribution in [0.3, 0.4) is 0 Å². The average Bonchev–Trinajstić information content (AvgIpc) is 4.36. The van der Waals surface area contributed by atoms with Crippen molar-refractivity contribution in [1.29, 1.82) is 0 Å². The highest BCUT2D eigenvalue weighted by molar-refractivity contribution is 8.76. The Morgan fingerprint density at radius 2 is 0.568 bits per heavy atom. The summed E-state index contributed by atoms with van der Waals surface area (Å²) in [7, 11) is 4.48. The Morgan fingerprint density at radius 1 is 0.311 bits per heavy atom. The normalized spacial score (nSPS) is 23.2. The van der Waals surface area contributed by atoms with Crippen LogP contribution >= 0.6 is 21.6 Å². The third-order valence-corrected chi connectivity index (χ3v) is 22.4. The maximum atomic E-state index is 3.04. The summed E-state index contributed by atoms with van der Waals surface area (Å²) in [6, 6.07) is 1.73. The van der Waals surface area contributed by atoms with Crippen molar-refractivity contribution in [2.75, 3.05) is 37.7 Å². The van der Waals surface area contributed by atoms with Crippen LogP contribution in [0.25, 0.3) is 0 Å². The van der Waals surface area contributed by atoms with Gasteiger partial charge in [0.15, 0.2) is 0 Å². The van der Waals surface area contributed by atoms with Crippen molar-refractivity contribution < 1.29 is 0 Å². The number of likely N-dealkylation sites (tertiary alicyclic amines) is 2. The fraction of sp³-hybridized carbons (Fsp3) is 1.00. The molecule has 4 rings (SSSR count). The predicted molar refractivity (Wildman–Crippen MR) is 339 cm³/mol. The van der Waals surface area contributed by atoms with Gasteiger partial charge in [0.1, 0.15) is 0 Å². The Labute approximate surface area is 475 Å². The molecule has 2 aliphatic carbocycles. The van der Waals surface area contributed by atoms with Crippen molar-refractivity contribution in [3.05, 3.63) is 0 Å². The minimum absolute atomic E-state index is 0.866. The van der Waals surface area contributed by atoms with Gasteiger partial charge in [0, 0.05) is 36.7 Å². The topological polar surface area (TPSA) is 6.48 Å². The number of hydrogen-bond donors (Lipinski definition) is 0. The lowest BCUT2D eigenvalue weighted by atomic mass is 9.83. The zero-order valence-corrected chi connectivity index (χ0v) is 53.0. The van der Waals surface area contributed by atoms with Crippen LogP contribution in [-0.2, 0) is 0 Å². The summed E-state index contributed by atoms with van der Waals surface area (Å²) in [5.74, 6) is 9.00. The highest BCUT2D eigenvalue weighted by Crippen LogP contribution is 2.47. The summed E-state index contributed by atoms with van der Waals surface area (Å²) in [4.78, 5) is 6.07. The number of rotatable bonds is 55. The van der Waals surface area contributed by atoms with E-state index in [2.05, 4.69) is 59.1 Å². The molecule has 0 aromatic rings. The molecule has 4 heteroatoms. The van der Waals surface area contributed by atoms with Crippen molar-refractivity contribution in [2.24, 2.45) is 35.5 Å². The SMILES string of the molecule is CCCCCCCCCC(CCCCCCCC1CC1CCCCCCCC)C1CCCCN1CCSSCCN1CCCCC1C(CCCCCCCCC)CCCCCCCC1CC1CCCCCCCC. The molecule has 2 saturated carbocycles. The molecule has 74 heavy (non-hydrogen) atoms. The highest BCUT2D eigenvalue weighted by Gasteiger charge is 2.36. The molecular weight excluding hydrogens is 933 g/mol. The molecule has 0 spiro atoms. The van der Waals surface area contributed by atoms with E-state index in [1.54, 1.807) is 38.5 Å². The van der Waals surface area contributed by atoms with Gasteiger partial charge in [-0.3, -0.25) is 9.80 Å². The van der Waals surface area contributed by atoms with E-state index < -0.39 is 0 Å². The van der Waals surface area contributed by atoms with Crippen molar-refractivity contribution >= 4 is 21.6 Å². The summed E-state index contributed by atoms with van der Waals surface area (Å²) in [5, 5.41) is 0. The Balaban J connectivity index is 1.13. The summed E-state index contributed by atoms with van der Waals surface area (Å²) in [6.45, 7) is 14.8. The molecule has 438 valence electrons. The molecule has 0 radical (unpaired) electrons. The van der Waals surface area contributed by atoms with Gasteiger partial charge in [0.05, 0.1) is 0 Å². The van der Waals surface area contributed by atoms with E-state index in [0.717, 1.165) is 47.6 Å². The van der Waals surface area contributed by atoms with Gasteiger partial charge >= 0.3 is 0 Å². The second-order valence-corrected chi connectivity index (χ2v) is 29.2. The molecule has 2 saturated heterocycles. The van der Waals surface area contributed by atoms with Crippen molar-refractivity contribution in [1.82, 2.24) is 9.80 Å². The zero-order valence-electron chi connectivity index (χ0n) is 51.3. The molecule has 0 bridgehead atoms. The van der Waals surface area contributed by atoms with Crippen LogP contribution < -0.4 is 0 Å². The van der Waals surface area contributed by atoms with Crippen LogP contribution in [0.2, 0.25) is 0 Å². The summed E-state index contributed by atoms with van der Waals surface area (Å²) < 4.78 is 0. The number of nitrogens with zero attached hydrogens (tertiary/aromatic N) is 2. The van der Waals surface area contributed by atoms with Gasteiger partial charge in [0.2, 0.25) is 0 Å². The monoisotopic (exact) mass is 1070 g/mol. The Hall–Kier alpha value is 0.620. The standard InChI is InChI=1S/C70H136N2S2/c1-5-9-13-17-21-27-33-45-63(47-35-29-23-31-39-51-67-61-65(67)49-37-25-19-15-11-7-3)69-53-41-43-55-71(69)57-59-73-74-60-58-72-56-44-42-54-70(72)64(46-34-28-22-18-14-10-6-2)48-36-30-24-32-40-52-68-62-66(68)50-38-26-20-16-12-8-4/h63-70H,5-62H2,1-4H3. The van der Waals surface area contributed by atoms with Crippen LogP contribution in [0.15, 0.2) is 0 Å². The van der Waals surface area contributed by atoms with Gasteiger partial charge in [-0.25, -0.2) is 0 Å². The Morgan fingerprint density at radius 3 is 0.851 bits per heavy atom. The molecule has 2 nitrogen and oxygen atoms in total. The summed E-state index contributed by atoms with van der Waals surface area (Å²) in [6.07, 6.45) is 77.2. The summed E-state index contributed by atoms with van der Waals surface area (Å²) in [5.41, 5.74) is 0. The van der Waals surface area contributed by atoms with Gasteiger partial charge < -0.3 is 0 Å². The minimum Gasteiger partial charge on any atom is -0.299 e. The quantitative estimate of drug-likeness (QED) is 0.0442. The van der Waals surface area contributed by atoms with E-state index in [9.17, 15) is 0 Å². The molecule has 2 heterocycles. The van der Waals surface area contributed by atoms with Gasteiger partial charge in [-0.2, -0.15) is 0 Å². The number of hydrogen-bond acceptors (Lipinski definition) is 4. The van der Waals surface area contributed by atoms with E-state index in [0.29, 0.717) is 0 Å². The minimum atomic E-state index is 0.866. The maximum absolute atomic E-state index is 3.04. The number of unbranched alkanes of at least 4 members (excludes halogenated alkanes) is 30. The molecule has 0 aromatic carbocycles. The molecule has 0 N–H and O–H groups in total. The third kappa shape index (κ3) is 33.4. The van der Waals surface area contributed by atoms with Crippen LogP contribution in [-0.4, -0.2) is 59.6 Å². The first-order chi connectivity index (χ1) is 36.7. The van der Waals surface area contributed by atoms with E-state index in [1.165, 1.54) is 333 Å². The van der Waals surface area contributed by atoms with Crippen molar-refractivity contribution in [3.63, 3.8) is 0 Å². The molecule has 2 aliphatic heterocycles. The average molecular weight is 1070 g/mol. The Kier molecular flexibility index (Phi) is 42.9. The zero-order chi connectivity index (χ0) is 52.2. The van der Waals surface area contributed by atoms with Gasteiger partial charge in [0.25, 0.3) is 0 Å². The van der Waals surface area contributed by atoms with Gasteiger partial charge in [-0.05, 0) is 113 Å². The lowest BCUT2D eigenvalue weighted by molar-refractivity contribution is 0.0947. The van der Waals surface area contributed by atoms with E-state index in [-0.39, 0.29) is 0 Å². The van der Waals surface area contributed by atoms with E-state index in [1.807, 2.05) is 0 Å². The summed E-state index contributed by atoms with van der Waals surface area (Å²) >= 11 is 0. The fourth-order valence-electron chi connectivity index (χ4n) is 15.0. The van der Waals surface area contributed by atoms with Crippen LogP contribution in [0.4, 0.5) is 0 Å². The lowest BCUT2D eigenvalue weighted by Crippen LogP contribution is -2.45. The first kappa shape index (κ1) is 67.1. The fourth-order valence-corrected chi connectivity index (χ4v) is 17.0. The van der Waals surface area contributed by atoms with E-state index in [4.69, 9.17) is 0 Å². The second kappa shape index (κ2) is 47.3. The van der Waals surface area contributed by atoms with Crippen molar-refractivity contribution in [3.8, 4) is 0 Å². The van der Waals surface area contributed by atoms with E-state index >= 15 is 0 Å². The first-order valence-electron chi connectivity index (χ1n) is 35.4. The molecule has 4 aliphatic rings. The predicted octanol–water partition coefficient (Wildman–Crippen LogP) is 23.8. The molecule has 4 fully saturated rings.